The van der Waals surface area contributed by atoms with Gasteiger partial charge in [0.15, 0.2) is 10.8 Å². The number of oxime groups is 1. The molecule has 1 fully saturated rings. The number of nitrogens with zero attached hydrogens (tertiary/aromatic N) is 5. The smallest absolute Gasteiger partial charge is 0.492 e. The second-order valence-corrected chi connectivity index (χ2v) is 9.59. The number of fused-ring (bicyclic) bond motifs is 1. The molecule has 14 nitrogen and oxygen atoms in total. The van der Waals surface area contributed by atoms with Crippen LogP contribution in [0.4, 0.5) is 9.93 Å². The Hall–Kier alpha value is -3.57. The van der Waals surface area contributed by atoms with Gasteiger partial charge in [-0.3, -0.25) is 14.5 Å². The van der Waals surface area contributed by atoms with Crippen LogP contribution in [0.25, 0.3) is 0 Å². The maximum absolute atomic E-state index is 12.9. The molecule has 0 bridgehead atoms. The van der Waals surface area contributed by atoms with E-state index < -0.39 is 29.4 Å². The molecule has 5 N–H and O–H groups in total. The highest BCUT2D eigenvalue weighted by molar-refractivity contribution is 8.06. The summed E-state index contributed by atoms with van der Waals surface area (Å²) in [6, 6.07) is 1.84. The highest BCUT2D eigenvalue weighted by Gasteiger charge is 2.54. The fourth-order valence-corrected chi connectivity index (χ4v) is 5.85. The van der Waals surface area contributed by atoms with Crippen molar-refractivity contribution in [1.29, 1.82) is 0 Å². The summed E-state index contributed by atoms with van der Waals surface area (Å²) in [5.41, 5.74) is 5.64. The average molecular weight is 526 g/mol. The number of rotatable bonds is 7. The van der Waals surface area contributed by atoms with Gasteiger partial charge in [0.1, 0.15) is 29.2 Å². The molecule has 2 aromatic heterocycles. The number of nitrogen functional groups attached to an aromatic ring is 1. The minimum absolute atomic E-state index is 0.165. The molecule has 2 aromatic rings. The van der Waals surface area contributed by atoms with E-state index in [9.17, 15) is 24.6 Å². The number of β-lactam (4-membered cyclic amide) rings is 1. The van der Waals surface area contributed by atoms with Gasteiger partial charge in [-0.05, 0) is 6.07 Å². The van der Waals surface area contributed by atoms with E-state index >= 15 is 0 Å². The first-order valence-electron chi connectivity index (χ1n) is 9.21. The molecular formula is C17H15N7O7S3. The van der Waals surface area contributed by atoms with Crippen molar-refractivity contribution in [3.63, 3.8) is 0 Å². The monoisotopic (exact) mass is 525 g/mol. The van der Waals surface area contributed by atoms with Crippen LogP contribution in [-0.2, 0) is 19.2 Å². The van der Waals surface area contributed by atoms with Crippen molar-refractivity contribution < 1.29 is 34.2 Å². The van der Waals surface area contributed by atoms with Crippen LogP contribution in [0.5, 0.6) is 5.88 Å². The molecule has 2 amide bonds. The fraction of sp³-hybridized carbons (Fsp3) is 0.235. The van der Waals surface area contributed by atoms with E-state index in [2.05, 4.69) is 25.7 Å². The van der Waals surface area contributed by atoms with Gasteiger partial charge in [0.25, 0.3) is 11.8 Å². The Balaban J connectivity index is 1.53. The van der Waals surface area contributed by atoms with Crippen molar-refractivity contribution in [2.75, 3.05) is 18.6 Å². The van der Waals surface area contributed by atoms with E-state index in [4.69, 9.17) is 15.3 Å². The highest BCUT2D eigenvalue weighted by Crippen LogP contribution is 2.45. The summed E-state index contributed by atoms with van der Waals surface area (Å²) >= 11 is 3.44. The van der Waals surface area contributed by atoms with Gasteiger partial charge < -0.3 is 30.8 Å². The number of hydrogen-bond acceptors (Lipinski definition) is 14. The maximum atomic E-state index is 12.9. The Morgan fingerprint density at radius 1 is 1.38 bits per heavy atom. The van der Waals surface area contributed by atoms with Gasteiger partial charge >= 0.3 is 6.16 Å². The number of carbonyl (C=O) groups is 3. The van der Waals surface area contributed by atoms with Crippen LogP contribution >= 0.6 is 34.9 Å². The first-order valence-corrected chi connectivity index (χ1v) is 12.0. The topological polar surface area (TPSA) is 202 Å². The van der Waals surface area contributed by atoms with E-state index in [1.165, 1.54) is 36.4 Å². The van der Waals surface area contributed by atoms with Crippen molar-refractivity contribution in [3.8, 4) is 5.88 Å². The highest BCUT2D eigenvalue weighted by atomic mass is 32.2. The Morgan fingerprint density at radius 2 is 2.18 bits per heavy atom. The number of aromatic hydroxyl groups is 1. The van der Waals surface area contributed by atoms with E-state index in [1.54, 1.807) is 0 Å². The van der Waals surface area contributed by atoms with Crippen LogP contribution in [0.3, 0.4) is 0 Å². The van der Waals surface area contributed by atoms with Crippen molar-refractivity contribution in [3.05, 3.63) is 34.0 Å². The molecule has 178 valence electrons. The van der Waals surface area contributed by atoms with Crippen molar-refractivity contribution >= 4 is 63.7 Å². The average Bonchev–Trinajstić information content (AvgIpc) is 3.23. The minimum atomic E-state index is -1.61. The van der Waals surface area contributed by atoms with Gasteiger partial charge in [-0.2, -0.15) is 0 Å². The molecule has 2 aliphatic heterocycles. The van der Waals surface area contributed by atoms with Crippen LogP contribution in [0, 0.1) is 0 Å². The first-order chi connectivity index (χ1) is 16.3. The summed E-state index contributed by atoms with van der Waals surface area (Å²) in [5.74, 6) is -1.48. The third-order valence-corrected chi connectivity index (χ3v) is 7.50. The Labute approximate surface area is 203 Å². The molecule has 2 atom stereocenters. The lowest BCUT2D eigenvalue weighted by Gasteiger charge is -2.48. The number of thioether (sulfide) groups is 2. The number of nitrogens with two attached hydrogens (primary N) is 1. The van der Waals surface area contributed by atoms with E-state index in [-0.39, 0.29) is 34.1 Å². The molecule has 17 heteroatoms. The van der Waals surface area contributed by atoms with E-state index in [0.717, 1.165) is 28.0 Å². The number of carboxylic acid groups (broad SMARTS) is 1. The summed E-state index contributed by atoms with van der Waals surface area (Å²) in [5, 5.41) is 33.6. The second-order valence-electron chi connectivity index (χ2n) is 6.48. The zero-order valence-corrected chi connectivity index (χ0v) is 19.5. The Kier molecular flexibility index (Phi) is 6.75. The lowest BCUT2D eigenvalue weighted by Crippen LogP contribution is -2.70. The molecule has 2 aliphatic rings. The summed E-state index contributed by atoms with van der Waals surface area (Å²) < 4.78 is 4.91. The zero-order valence-electron chi connectivity index (χ0n) is 17.1. The number of ether oxygens (including phenoxy) is 1. The van der Waals surface area contributed by atoms with Gasteiger partial charge in [-0.15, -0.1) is 33.3 Å². The minimum Gasteiger partial charge on any atom is -0.492 e. The predicted octanol–water partition coefficient (Wildman–Crippen LogP) is 0.627. The molecular weight excluding hydrogens is 510 g/mol. The number of anilines is 1. The molecule has 0 spiro atoms. The number of nitrogens with one attached hydrogen (secondary N) is 1. The summed E-state index contributed by atoms with van der Waals surface area (Å²) in [7, 11) is 1.26. The molecule has 0 unspecified atom stereocenters. The standard InChI is InChI=1S/C17H15N7O7S3/c1-30-23-10(6-4-33-16(18)19-6)12(26)20-11-13(27)24-14(31-17(28)29)7(5-32-15(11)24)34-9-3-2-8(25)21-22-9/h2-4,11,15H,5H2,1H3,(H2,18,19)(H,20,26)(H,21,25)(H,28,29)/t11-,15+/m1/s1. The van der Waals surface area contributed by atoms with Crippen LogP contribution in [0.2, 0.25) is 0 Å². The van der Waals surface area contributed by atoms with Crippen LogP contribution in [-0.4, -0.2) is 78.3 Å². The largest absolute Gasteiger partial charge is 0.512 e. The zero-order chi connectivity index (χ0) is 24.4. The fourth-order valence-electron chi connectivity index (χ4n) is 3.00. The third-order valence-electron chi connectivity index (χ3n) is 4.37. The van der Waals surface area contributed by atoms with Crippen LogP contribution in [0.1, 0.15) is 5.69 Å². The van der Waals surface area contributed by atoms with Crippen molar-refractivity contribution in [2.24, 2.45) is 5.16 Å². The molecule has 1 saturated heterocycles. The number of hydrogen-bond donors (Lipinski definition) is 4. The molecule has 0 aromatic carbocycles. The summed E-state index contributed by atoms with van der Waals surface area (Å²) in [6.07, 6.45) is -1.61. The van der Waals surface area contributed by atoms with E-state index in [1.807, 2.05) is 0 Å². The molecule has 34 heavy (non-hydrogen) atoms. The normalized spacial score (nSPS) is 19.9. The number of thiazole rings is 1. The third kappa shape index (κ3) is 4.70. The second kappa shape index (κ2) is 9.74. The van der Waals surface area contributed by atoms with Crippen LogP contribution < -0.4 is 11.1 Å². The number of aromatic nitrogens is 3. The molecule has 4 rings (SSSR count). The Morgan fingerprint density at radius 3 is 2.79 bits per heavy atom. The van der Waals surface area contributed by atoms with E-state index in [0.29, 0.717) is 9.93 Å². The SMILES string of the molecule is CON=C(C(=O)N[C@@H]1C(=O)N2C(OC(=O)O)=C(Sc3ccc(O)nn3)CS[C@@H]12)c1csc(N)n1. The van der Waals surface area contributed by atoms with Gasteiger partial charge in [0.05, 0.1) is 4.91 Å². The summed E-state index contributed by atoms with van der Waals surface area (Å²) in [6.45, 7) is 0. The van der Waals surface area contributed by atoms with Gasteiger partial charge in [-0.25, -0.2) is 9.78 Å². The predicted molar refractivity (Wildman–Crippen MR) is 121 cm³/mol. The number of carbonyl (C=O) groups excluding carboxylic acids is 2. The lowest BCUT2D eigenvalue weighted by molar-refractivity contribution is -0.148. The Bertz CT molecular complexity index is 1200. The summed E-state index contributed by atoms with van der Waals surface area (Å²) in [4.78, 5) is 47.3. The van der Waals surface area contributed by atoms with Gasteiger partial charge in [0, 0.05) is 17.2 Å². The van der Waals surface area contributed by atoms with Crippen molar-refractivity contribution in [1.82, 2.24) is 25.4 Å². The first kappa shape index (κ1) is 23.6. The van der Waals surface area contributed by atoms with Gasteiger partial charge in [-0.1, -0.05) is 16.9 Å². The van der Waals surface area contributed by atoms with Crippen LogP contribution in [0.15, 0.2) is 38.5 Å². The van der Waals surface area contributed by atoms with Gasteiger partial charge in [0.2, 0.25) is 11.8 Å². The number of amides is 2. The molecule has 0 radical (unpaired) electrons. The maximum Gasteiger partial charge on any atom is 0.512 e. The lowest BCUT2D eigenvalue weighted by atomic mass is 10.1. The quantitative estimate of drug-likeness (QED) is 0.170. The molecule has 4 heterocycles. The van der Waals surface area contributed by atoms with Crippen molar-refractivity contribution in [2.45, 2.75) is 16.4 Å². The molecule has 0 aliphatic carbocycles. The molecule has 0 saturated carbocycles.